The van der Waals surface area contributed by atoms with E-state index in [1.807, 2.05) is 37.4 Å². The number of rotatable bonds is 2. The first-order valence-corrected chi connectivity index (χ1v) is 9.63. The van der Waals surface area contributed by atoms with Gasteiger partial charge in [0.1, 0.15) is 11.5 Å². The summed E-state index contributed by atoms with van der Waals surface area (Å²) in [7, 11) is 1.83. The molecule has 0 fully saturated rings. The Kier molecular flexibility index (Phi) is 3.83. The molecule has 0 N–H and O–H groups in total. The maximum absolute atomic E-state index is 13.4. The molecule has 1 aliphatic rings. The molecular formula is C25H21NO2. The predicted octanol–water partition coefficient (Wildman–Crippen LogP) is 5.99. The first kappa shape index (κ1) is 16.8. The summed E-state index contributed by atoms with van der Waals surface area (Å²) in [5, 5.41) is 2.60. The van der Waals surface area contributed by atoms with Gasteiger partial charge in [-0.05, 0) is 25.8 Å². The number of para-hydroxylation sites is 1. The van der Waals surface area contributed by atoms with Gasteiger partial charge in [-0.3, -0.25) is 4.79 Å². The van der Waals surface area contributed by atoms with Gasteiger partial charge >= 0.3 is 0 Å². The Morgan fingerprint density at radius 1 is 0.929 bits per heavy atom. The number of fused-ring (bicyclic) bond motifs is 3. The molecule has 0 aliphatic heterocycles. The number of aromatic nitrogens is 1. The van der Waals surface area contributed by atoms with Gasteiger partial charge in [-0.1, -0.05) is 66.3 Å². The highest BCUT2D eigenvalue weighted by atomic mass is 16.3. The maximum atomic E-state index is 13.4. The van der Waals surface area contributed by atoms with E-state index in [-0.39, 0.29) is 5.56 Å². The summed E-state index contributed by atoms with van der Waals surface area (Å²) in [5.41, 5.74) is 4.04. The molecule has 4 aromatic rings. The van der Waals surface area contributed by atoms with Crippen LogP contribution < -0.4 is 5.56 Å². The molecule has 1 aliphatic carbocycles. The Morgan fingerprint density at radius 2 is 1.71 bits per heavy atom. The van der Waals surface area contributed by atoms with Crippen LogP contribution >= 0.6 is 0 Å². The fourth-order valence-corrected chi connectivity index (χ4v) is 4.04. The standard InChI is InChI=1S/C25H21NO2/c1-16-12-14-18(15-13-16)24-22-21(23(28-24)17-8-4-3-5-9-17)19-10-6-7-11-20(19)26(2)25(22)27/h4,6-15H,3,5H2,1-2H3. The number of benzene rings is 2. The fraction of sp³-hybridized carbons (Fsp3) is 0.160. The Labute approximate surface area is 163 Å². The van der Waals surface area contributed by atoms with Gasteiger partial charge in [0.2, 0.25) is 0 Å². The second kappa shape index (κ2) is 6.38. The van der Waals surface area contributed by atoms with Gasteiger partial charge in [0.15, 0.2) is 0 Å². The summed E-state index contributed by atoms with van der Waals surface area (Å²) >= 11 is 0. The van der Waals surface area contributed by atoms with Crippen LogP contribution in [0.1, 0.15) is 24.2 Å². The minimum absolute atomic E-state index is 0.0281. The predicted molar refractivity (Wildman–Crippen MR) is 115 cm³/mol. The molecule has 3 heteroatoms. The minimum atomic E-state index is -0.0281. The first-order valence-electron chi connectivity index (χ1n) is 9.63. The third-order valence-electron chi connectivity index (χ3n) is 5.53. The monoisotopic (exact) mass is 367 g/mol. The van der Waals surface area contributed by atoms with Crippen molar-refractivity contribution < 1.29 is 4.42 Å². The number of pyridine rings is 1. The third kappa shape index (κ3) is 2.47. The van der Waals surface area contributed by atoms with Crippen LogP contribution in [0.2, 0.25) is 0 Å². The number of allylic oxidation sites excluding steroid dienone is 4. The van der Waals surface area contributed by atoms with E-state index < -0.39 is 0 Å². The summed E-state index contributed by atoms with van der Waals surface area (Å²) in [6.45, 7) is 2.06. The Balaban J connectivity index is 1.97. The Morgan fingerprint density at radius 3 is 2.46 bits per heavy atom. The zero-order chi connectivity index (χ0) is 19.3. The summed E-state index contributed by atoms with van der Waals surface area (Å²) in [5.74, 6) is 1.44. The molecule has 0 radical (unpaired) electrons. The van der Waals surface area contributed by atoms with E-state index in [2.05, 4.69) is 43.4 Å². The van der Waals surface area contributed by atoms with Crippen molar-refractivity contribution in [3.05, 3.63) is 88.4 Å². The molecule has 138 valence electrons. The summed E-state index contributed by atoms with van der Waals surface area (Å²) in [6, 6.07) is 16.2. The van der Waals surface area contributed by atoms with Gasteiger partial charge in [0.05, 0.1) is 10.9 Å². The molecule has 3 nitrogen and oxygen atoms in total. The van der Waals surface area contributed by atoms with Gasteiger partial charge in [-0.25, -0.2) is 0 Å². The van der Waals surface area contributed by atoms with E-state index in [0.29, 0.717) is 11.1 Å². The quantitative estimate of drug-likeness (QED) is 0.436. The molecule has 0 amide bonds. The highest BCUT2D eigenvalue weighted by Crippen LogP contribution is 2.40. The molecular weight excluding hydrogens is 346 g/mol. The van der Waals surface area contributed by atoms with Gasteiger partial charge in [-0.15, -0.1) is 0 Å². The minimum Gasteiger partial charge on any atom is -0.455 e. The molecule has 0 spiro atoms. The third-order valence-corrected chi connectivity index (χ3v) is 5.53. The molecule has 2 aromatic heterocycles. The smallest absolute Gasteiger partial charge is 0.262 e. The summed E-state index contributed by atoms with van der Waals surface area (Å²) in [4.78, 5) is 13.4. The molecule has 0 saturated heterocycles. The van der Waals surface area contributed by atoms with Crippen molar-refractivity contribution in [1.82, 2.24) is 4.57 Å². The van der Waals surface area contributed by atoms with E-state index in [9.17, 15) is 4.79 Å². The number of furan rings is 1. The topological polar surface area (TPSA) is 35.1 Å². The molecule has 0 saturated carbocycles. The van der Waals surface area contributed by atoms with Crippen molar-refractivity contribution >= 4 is 27.2 Å². The lowest BCUT2D eigenvalue weighted by Crippen LogP contribution is -2.17. The second-order valence-corrected chi connectivity index (χ2v) is 7.40. The Bertz CT molecular complexity index is 1330. The molecule has 5 rings (SSSR count). The number of aryl methyl sites for hydroxylation is 2. The first-order chi connectivity index (χ1) is 13.6. The zero-order valence-electron chi connectivity index (χ0n) is 16.0. The van der Waals surface area contributed by atoms with Crippen molar-refractivity contribution in [2.24, 2.45) is 7.05 Å². The fourth-order valence-electron chi connectivity index (χ4n) is 4.04. The molecule has 28 heavy (non-hydrogen) atoms. The SMILES string of the molecule is Cc1ccc(-c2oc(C3=CCCC=C3)c3c2c(=O)n(C)c2ccccc32)cc1. The van der Waals surface area contributed by atoms with Crippen LogP contribution in [0.5, 0.6) is 0 Å². The van der Waals surface area contributed by atoms with E-state index in [1.165, 1.54) is 5.56 Å². The molecule has 0 unspecified atom stereocenters. The number of nitrogens with zero attached hydrogens (tertiary/aromatic N) is 1. The normalized spacial score (nSPS) is 14.0. The zero-order valence-corrected chi connectivity index (χ0v) is 16.0. The lowest BCUT2D eigenvalue weighted by atomic mass is 9.98. The molecule has 0 bridgehead atoms. The van der Waals surface area contributed by atoms with Crippen LogP contribution in [0.25, 0.3) is 38.6 Å². The van der Waals surface area contributed by atoms with Gasteiger partial charge in [0.25, 0.3) is 5.56 Å². The van der Waals surface area contributed by atoms with E-state index in [4.69, 9.17) is 4.42 Å². The van der Waals surface area contributed by atoms with Crippen molar-refractivity contribution in [3.8, 4) is 11.3 Å². The van der Waals surface area contributed by atoms with Crippen molar-refractivity contribution in [1.29, 1.82) is 0 Å². The molecule has 0 atom stereocenters. The second-order valence-electron chi connectivity index (χ2n) is 7.40. The van der Waals surface area contributed by atoms with Gasteiger partial charge < -0.3 is 8.98 Å². The average Bonchev–Trinajstić information content (AvgIpc) is 3.14. The highest BCUT2D eigenvalue weighted by molar-refractivity contribution is 6.14. The van der Waals surface area contributed by atoms with Crippen LogP contribution in [0.3, 0.4) is 0 Å². The van der Waals surface area contributed by atoms with Crippen LogP contribution in [0.4, 0.5) is 0 Å². The average molecular weight is 367 g/mol. The van der Waals surface area contributed by atoms with Crippen LogP contribution in [-0.2, 0) is 7.05 Å². The van der Waals surface area contributed by atoms with Gasteiger partial charge in [-0.2, -0.15) is 0 Å². The van der Waals surface area contributed by atoms with E-state index in [0.717, 1.165) is 46.0 Å². The number of hydrogen-bond acceptors (Lipinski definition) is 2. The van der Waals surface area contributed by atoms with Crippen LogP contribution in [0.15, 0.2) is 76.0 Å². The van der Waals surface area contributed by atoms with Gasteiger partial charge in [0, 0.05) is 29.0 Å². The van der Waals surface area contributed by atoms with Crippen molar-refractivity contribution in [2.45, 2.75) is 19.8 Å². The van der Waals surface area contributed by atoms with Crippen LogP contribution in [-0.4, -0.2) is 4.57 Å². The molecule has 2 aromatic carbocycles. The van der Waals surface area contributed by atoms with E-state index in [1.54, 1.807) is 4.57 Å². The highest BCUT2D eigenvalue weighted by Gasteiger charge is 2.23. The Hall–Kier alpha value is -3.33. The number of hydrogen-bond donors (Lipinski definition) is 0. The summed E-state index contributed by atoms with van der Waals surface area (Å²) in [6.07, 6.45) is 8.49. The van der Waals surface area contributed by atoms with Crippen molar-refractivity contribution in [2.75, 3.05) is 0 Å². The largest absolute Gasteiger partial charge is 0.455 e. The lowest BCUT2D eigenvalue weighted by Gasteiger charge is -2.08. The van der Waals surface area contributed by atoms with Crippen molar-refractivity contribution in [3.63, 3.8) is 0 Å². The lowest BCUT2D eigenvalue weighted by molar-refractivity contribution is 0.573. The van der Waals surface area contributed by atoms with Crippen LogP contribution in [0, 0.1) is 6.92 Å². The molecule has 2 heterocycles. The van der Waals surface area contributed by atoms with E-state index >= 15 is 0 Å². The maximum Gasteiger partial charge on any atom is 0.262 e. The summed E-state index contributed by atoms with van der Waals surface area (Å²) < 4.78 is 8.16.